The number of aromatic nitrogens is 1. The molecule has 128 valence electrons. The van der Waals surface area contributed by atoms with Crippen LogP contribution in [0.3, 0.4) is 0 Å². The molecule has 1 saturated heterocycles. The molecule has 0 saturated carbocycles. The van der Waals surface area contributed by atoms with Crippen LogP contribution in [0.2, 0.25) is 0 Å². The molecule has 0 radical (unpaired) electrons. The van der Waals surface area contributed by atoms with Gasteiger partial charge in [0.2, 0.25) is 0 Å². The zero-order valence-corrected chi connectivity index (χ0v) is 15.2. The van der Waals surface area contributed by atoms with Gasteiger partial charge in [0, 0.05) is 54.8 Å². The van der Waals surface area contributed by atoms with Gasteiger partial charge in [0.15, 0.2) is 0 Å². The van der Waals surface area contributed by atoms with Crippen LogP contribution in [-0.2, 0) is 0 Å². The second-order valence-corrected chi connectivity index (χ2v) is 7.66. The average molecular weight is 350 g/mol. The molecule has 2 aliphatic rings. The first kappa shape index (κ1) is 16.4. The Morgan fingerprint density at radius 2 is 1.88 bits per heavy atom. The predicted molar refractivity (Wildman–Crippen MR) is 109 cm³/mol. The van der Waals surface area contributed by atoms with Crippen LogP contribution in [0.25, 0.3) is 6.08 Å². The van der Waals surface area contributed by atoms with Gasteiger partial charge in [-0.25, -0.2) is 0 Å². The molecule has 4 rings (SSSR count). The van der Waals surface area contributed by atoms with E-state index in [1.165, 1.54) is 28.3 Å². The first-order valence-electron chi connectivity index (χ1n) is 8.99. The number of aliphatic imine (C=N–C) groups is 1. The Morgan fingerprint density at radius 1 is 1.04 bits per heavy atom. The molecule has 1 aromatic carbocycles. The molecule has 0 spiro atoms. The molecule has 0 unspecified atom stereocenters. The Labute approximate surface area is 153 Å². The molecular formula is C21H23N3S. The van der Waals surface area contributed by atoms with Gasteiger partial charge in [-0.2, -0.15) is 11.8 Å². The summed E-state index contributed by atoms with van der Waals surface area (Å²) >= 11 is 2.05. The van der Waals surface area contributed by atoms with Crippen molar-refractivity contribution < 1.29 is 0 Å². The molecule has 4 heteroatoms. The van der Waals surface area contributed by atoms with E-state index < -0.39 is 0 Å². The second kappa shape index (κ2) is 7.87. The van der Waals surface area contributed by atoms with Crippen molar-refractivity contribution in [2.24, 2.45) is 4.99 Å². The molecule has 1 aromatic heterocycles. The fourth-order valence-electron chi connectivity index (χ4n) is 3.40. The topological polar surface area (TPSA) is 28.5 Å². The number of hydrogen-bond donors (Lipinski definition) is 0. The lowest BCUT2D eigenvalue weighted by Gasteiger charge is -2.28. The number of allylic oxidation sites excluding steroid dienone is 1. The number of anilines is 1. The van der Waals surface area contributed by atoms with E-state index in [-0.39, 0.29) is 0 Å². The van der Waals surface area contributed by atoms with Crippen LogP contribution < -0.4 is 4.90 Å². The lowest BCUT2D eigenvalue weighted by atomic mass is 9.95. The maximum Gasteiger partial charge on any atom is 0.0694 e. The molecule has 3 nitrogen and oxygen atoms in total. The number of thioether (sulfide) groups is 1. The molecule has 0 N–H and O–H groups in total. The third-order valence-electron chi connectivity index (χ3n) is 4.72. The van der Waals surface area contributed by atoms with Crippen molar-refractivity contribution in [2.45, 2.75) is 12.8 Å². The molecule has 0 aliphatic carbocycles. The van der Waals surface area contributed by atoms with Gasteiger partial charge >= 0.3 is 0 Å². The molecule has 2 aliphatic heterocycles. The molecule has 0 bridgehead atoms. The lowest BCUT2D eigenvalue weighted by molar-refractivity contribution is 0.818. The van der Waals surface area contributed by atoms with Crippen LogP contribution in [0.1, 0.15) is 24.0 Å². The van der Waals surface area contributed by atoms with Gasteiger partial charge in [-0.1, -0.05) is 12.1 Å². The highest BCUT2D eigenvalue weighted by Crippen LogP contribution is 2.24. The summed E-state index contributed by atoms with van der Waals surface area (Å²) < 4.78 is 0. The highest BCUT2D eigenvalue weighted by atomic mass is 32.2. The van der Waals surface area contributed by atoms with Gasteiger partial charge in [0.05, 0.1) is 5.71 Å². The van der Waals surface area contributed by atoms with Crippen molar-refractivity contribution in [3.05, 3.63) is 65.5 Å². The van der Waals surface area contributed by atoms with E-state index in [1.807, 2.05) is 30.2 Å². The van der Waals surface area contributed by atoms with E-state index >= 15 is 0 Å². The maximum atomic E-state index is 4.77. The van der Waals surface area contributed by atoms with Crippen molar-refractivity contribution in [1.82, 2.24) is 4.98 Å². The molecule has 25 heavy (non-hydrogen) atoms. The Bertz CT molecular complexity index is 759. The highest BCUT2D eigenvalue weighted by Gasteiger charge is 2.14. The zero-order valence-electron chi connectivity index (χ0n) is 14.4. The van der Waals surface area contributed by atoms with Gasteiger partial charge in [-0.3, -0.25) is 9.98 Å². The maximum absolute atomic E-state index is 4.77. The van der Waals surface area contributed by atoms with Crippen molar-refractivity contribution in [1.29, 1.82) is 0 Å². The minimum absolute atomic E-state index is 0.910. The van der Waals surface area contributed by atoms with Gasteiger partial charge in [0.1, 0.15) is 0 Å². The smallest absolute Gasteiger partial charge is 0.0694 e. The summed E-state index contributed by atoms with van der Waals surface area (Å²) in [6.07, 6.45) is 8.22. The van der Waals surface area contributed by atoms with E-state index in [0.717, 1.165) is 43.8 Å². The normalized spacial score (nSPS) is 19.8. The molecule has 0 amide bonds. The summed E-state index contributed by atoms with van der Waals surface area (Å²) in [4.78, 5) is 11.5. The number of hydrogen-bond acceptors (Lipinski definition) is 4. The summed E-state index contributed by atoms with van der Waals surface area (Å²) in [5.41, 5.74) is 6.14. The Morgan fingerprint density at radius 3 is 2.64 bits per heavy atom. The van der Waals surface area contributed by atoms with Crippen LogP contribution in [0.4, 0.5) is 5.69 Å². The third-order valence-corrected chi connectivity index (χ3v) is 5.67. The molecule has 3 heterocycles. The van der Waals surface area contributed by atoms with Crippen LogP contribution in [-0.4, -0.2) is 41.8 Å². The highest BCUT2D eigenvalue weighted by molar-refractivity contribution is 7.99. The average Bonchev–Trinajstić information content (AvgIpc) is 2.70. The Hall–Kier alpha value is -2.07. The summed E-state index contributed by atoms with van der Waals surface area (Å²) in [5.74, 6) is 2.47. The Kier molecular flexibility index (Phi) is 5.17. The zero-order chi connectivity index (χ0) is 16.9. The van der Waals surface area contributed by atoms with Crippen LogP contribution in [0, 0.1) is 0 Å². The fourth-order valence-corrected chi connectivity index (χ4v) is 4.31. The van der Waals surface area contributed by atoms with Crippen LogP contribution >= 0.6 is 11.8 Å². The number of pyridine rings is 1. The summed E-state index contributed by atoms with van der Waals surface area (Å²) in [5, 5.41) is 0. The number of nitrogens with zero attached hydrogens (tertiary/aromatic N) is 3. The van der Waals surface area contributed by atoms with Crippen molar-refractivity contribution in [3.8, 4) is 0 Å². The summed E-state index contributed by atoms with van der Waals surface area (Å²) in [6.45, 7) is 3.22. The molecule has 0 atom stereocenters. The summed E-state index contributed by atoms with van der Waals surface area (Å²) in [7, 11) is 0. The Balaban J connectivity index is 1.56. The third kappa shape index (κ3) is 3.96. The van der Waals surface area contributed by atoms with E-state index in [2.05, 4.69) is 46.3 Å². The van der Waals surface area contributed by atoms with Crippen LogP contribution in [0.5, 0.6) is 0 Å². The number of benzene rings is 1. The van der Waals surface area contributed by atoms with E-state index in [1.54, 1.807) is 0 Å². The monoisotopic (exact) mass is 349 g/mol. The molecular weight excluding hydrogens is 326 g/mol. The predicted octanol–water partition coefficient (Wildman–Crippen LogP) is 4.30. The van der Waals surface area contributed by atoms with Gasteiger partial charge < -0.3 is 4.90 Å². The minimum Gasteiger partial charge on any atom is -0.370 e. The van der Waals surface area contributed by atoms with Gasteiger partial charge in [-0.15, -0.1) is 0 Å². The molecule has 2 aromatic rings. The van der Waals surface area contributed by atoms with Crippen molar-refractivity contribution in [3.63, 3.8) is 0 Å². The standard InChI is InChI=1S/C21H23N3S/c1-4-19(16-22-9-1)21-18(3-2-10-23-21)15-17-5-7-20(8-6-17)24-11-13-25-14-12-24/h1,4-9,15-16H,2-3,10-14H2. The molecule has 1 fully saturated rings. The van der Waals surface area contributed by atoms with E-state index in [0.29, 0.717) is 0 Å². The van der Waals surface area contributed by atoms with Crippen molar-refractivity contribution >= 4 is 29.2 Å². The van der Waals surface area contributed by atoms with Crippen molar-refractivity contribution in [2.75, 3.05) is 36.0 Å². The van der Waals surface area contributed by atoms with E-state index in [9.17, 15) is 0 Å². The van der Waals surface area contributed by atoms with E-state index in [4.69, 9.17) is 4.99 Å². The van der Waals surface area contributed by atoms with Gasteiger partial charge in [-0.05, 0) is 54.3 Å². The van der Waals surface area contributed by atoms with Crippen LogP contribution in [0.15, 0.2) is 59.4 Å². The quantitative estimate of drug-likeness (QED) is 0.827. The summed E-state index contributed by atoms with van der Waals surface area (Å²) in [6, 6.07) is 13.1. The minimum atomic E-state index is 0.910. The first-order chi connectivity index (χ1) is 12.4. The first-order valence-corrected chi connectivity index (χ1v) is 10.1. The fraction of sp³-hybridized carbons (Fsp3) is 0.333. The van der Waals surface area contributed by atoms with Gasteiger partial charge in [0.25, 0.3) is 0 Å². The number of rotatable bonds is 3. The largest absolute Gasteiger partial charge is 0.370 e. The lowest BCUT2D eigenvalue weighted by Crippen LogP contribution is -2.32. The second-order valence-electron chi connectivity index (χ2n) is 6.44. The SMILES string of the molecule is C(=C1CCCN=C1c1cccnc1)c1ccc(N2CCSCC2)cc1.